The van der Waals surface area contributed by atoms with Crippen molar-refractivity contribution in [1.29, 1.82) is 0 Å². The summed E-state index contributed by atoms with van der Waals surface area (Å²) in [6.07, 6.45) is 9.47. The SMILES string of the molecule is CO[C@@H]1C[C@H](C[C@@H](C)[C@@H]2CC(=O)[C@H](C)/C=C(\C)[C@@H](O)[C@@H](OC)C(=O)[C@H](C)C[C@H](C)/C=C/C=CC=C(C)C(O[C@@H]3C[C@H]4C(=O)NCC(=O)N4C3)C[C@@H]3CC[C@@H](C)[C@@](O)(O3)C(=O)C(=O)N3CCCC[C@H]3C(=O)O2)CC[C@H]1O. The predicted molar refractivity (Wildman–Crippen MR) is 276 cm³/mol. The highest BCUT2D eigenvalue weighted by Crippen LogP contribution is 2.39. The fourth-order valence-corrected chi connectivity index (χ4v) is 12.0. The van der Waals surface area contributed by atoms with Crippen LogP contribution in [-0.2, 0) is 57.2 Å². The number of Topliss-reactive ketones (excluding diaryl/α,β-unsaturated/α-hetero) is 3. The van der Waals surface area contributed by atoms with Crippen LogP contribution in [0.1, 0.15) is 132 Å². The van der Waals surface area contributed by atoms with Crippen LogP contribution in [-0.4, -0.2) is 167 Å². The van der Waals surface area contributed by atoms with Crippen molar-refractivity contribution in [3.05, 3.63) is 47.6 Å². The maximum absolute atomic E-state index is 14.5. The summed E-state index contributed by atoms with van der Waals surface area (Å²) in [6.45, 7) is 12.6. The molecule has 0 spiro atoms. The van der Waals surface area contributed by atoms with Crippen molar-refractivity contribution in [2.75, 3.05) is 33.9 Å². The van der Waals surface area contributed by atoms with E-state index in [9.17, 15) is 48.9 Å². The number of rotatable bonds is 7. The number of nitrogens with zero attached hydrogens (tertiary/aromatic N) is 2. The Hall–Kier alpha value is -4.43. The van der Waals surface area contributed by atoms with Crippen LogP contribution >= 0.6 is 0 Å². The highest BCUT2D eigenvalue weighted by atomic mass is 16.6. The molecule has 0 aromatic carbocycles. The number of ketones is 3. The number of esters is 1. The molecule has 418 valence electrons. The lowest BCUT2D eigenvalue weighted by Gasteiger charge is -2.43. The van der Waals surface area contributed by atoms with Gasteiger partial charge in [-0.2, -0.15) is 0 Å². The first-order valence-electron chi connectivity index (χ1n) is 27.4. The lowest BCUT2D eigenvalue weighted by atomic mass is 9.78. The van der Waals surface area contributed by atoms with E-state index in [-0.39, 0.29) is 92.6 Å². The van der Waals surface area contributed by atoms with Crippen LogP contribution in [0.5, 0.6) is 0 Å². The molecule has 0 aromatic rings. The molecule has 75 heavy (non-hydrogen) atoms. The van der Waals surface area contributed by atoms with E-state index in [4.69, 9.17) is 23.7 Å². The molecule has 17 atom stereocenters. The topological polar surface area (TPSA) is 245 Å². The number of carbonyl (C=O) groups excluding carboxylic acids is 7. The highest BCUT2D eigenvalue weighted by Gasteiger charge is 2.53. The van der Waals surface area contributed by atoms with E-state index in [0.29, 0.717) is 63.4 Å². The van der Waals surface area contributed by atoms with E-state index < -0.39 is 96.0 Å². The Morgan fingerprint density at radius 2 is 1.59 bits per heavy atom. The van der Waals surface area contributed by atoms with E-state index in [1.165, 1.54) is 12.0 Å². The number of hydrogen-bond acceptors (Lipinski definition) is 15. The van der Waals surface area contributed by atoms with Gasteiger partial charge >= 0.3 is 5.97 Å². The van der Waals surface area contributed by atoms with Crippen LogP contribution in [0.4, 0.5) is 0 Å². The largest absolute Gasteiger partial charge is 0.460 e. The second-order valence-electron chi connectivity index (χ2n) is 22.6. The third kappa shape index (κ3) is 14.8. The second kappa shape index (κ2) is 26.8. The Bertz CT molecular complexity index is 2170. The van der Waals surface area contributed by atoms with Crippen molar-refractivity contribution in [3.8, 4) is 0 Å². The van der Waals surface area contributed by atoms with Crippen LogP contribution in [0.15, 0.2) is 47.6 Å². The minimum atomic E-state index is -2.55. The molecular formula is C57H85N3O15. The van der Waals surface area contributed by atoms with Gasteiger partial charge in [-0.05, 0) is 107 Å². The fraction of sp³-hybridized carbons (Fsp3) is 0.737. The first-order chi connectivity index (χ1) is 35.6. The number of methoxy groups -OCH3 is 2. The molecule has 18 nitrogen and oxygen atoms in total. The molecule has 3 amide bonds. The zero-order chi connectivity index (χ0) is 54.9. The monoisotopic (exact) mass is 1050 g/mol. The summed E-state index contributed by atoms with van der Waals surface area (Å²) in [4.78, 5) is 99.9. The van der Waals surface area contributed by atoms with Crippen LogP contribution in [0.2, 0.25) is 0 Å². The maximum Gasteiger partial charge on any atom is 0.329 e. The van der Waals surface area contributed by atoms with Gasteiger partial charge in [0, 0.05) is 64.3 Å². The third-order valence-corrected chi connectivity index (χ3v) is 16.9. The van der Waals surface area contributed by atoms with Crippen LogP contribution in [0, 0.1) is 35.5 Å². The van der Waals surface area contributed by atoms with Crippen LogP contribution in [0.25, 0.3) is 0 Å². The molecular weight excluding hydrogens is 967 g/mol. The summed E-state index contributed by atoms with van der Waals surface area (Å²) in [7, 11) is 2.92. The average Bonchev–Trinajstić information content (AvgIpc) is 3.83. The summed E-state index contributed by atoms with van der Waals surface area (Å²) in [6, 6.07) is -1.87. The van der Waals surface area contributed by atoms with Gasteiger partial charge in [0.25, 0.3) is 11.7 Å². The second-order valence-corrected chi connectivity index (χ2v) is 22.6. The van der Waals surface area contributed by atoms with Crippen molar-refractivity contribution < 1.29 is 72.6 Å². The van der Waals surface area contributed by atoms with Gasteiger partial charge in [-0.3, -0.25) is 28.8 Å². The van der Waals surface area contributed by atoms with Gasteiger partial charge in [0.2, 0.25) is 17.6 Å². The summed E-state index contributed by atoms with van der Waals surface area (Å²) < 4.78 is 30.5. The molecule has 0 aromatic heterocycles. The average molecular weight is 1050 g/mol. The van der Waals surface area contributed by atoms with Crippen molar-refractivity contribution in [3.63, 3.8) is 0 Å². The molecule has 2 bridgehead atoms. The van der Waals surface area contributed by atoms with Crippen LogP contribution < -0.4 is 5.32 Å². The Kier molecular flexibility index (Phi) is 21.3. The standard InChI is InChI=1S/C57H85N3O15/c1-32-15-11-10-12-16-33(2)46(73-41-27-43-54(67)58-30-49(63)60(43)31-41)28-40-20-18-38(7)57(70,75-40)53(66)55(68)59-22-14-13-17-42(59)56(69)74-47(35(4)25-39-19-21-44(61)48(26-39)71-8)29-45(62)34(3)24-37(6)51(65)52(72-9)50(64)36(5)23-32/h10-12,15-16,24,32,34-36,38-44,46-48,51-52,61,65,70H,13-14,17-23,25-31H2,1-9H3,(H,58,67)/b12-10?,15-11+,33-16?,37-24+/t32-,34-,35-,36-,38-,39+,40+,41-,42+,43+,44-,46?,47+,48-,51-,52+,57-/m1/s1. The Morgan fingerprint density at radius 3 is 2.29 bits per heavy atom. The molecule has 1 aliphatic carbocycles. The lowest BCUT2D eigenvalue weighted by Crippen LogP contribution is -2.61. The number of carbonyl (C=O) groups is 7. The zero-order valence-electron chi connectivity index (χ0n) is 45.7. The van der Waals surface area contributed by atoms with Crippen molar-refractivity contribution in [1.82, 2.24) is 15.1 Å². The van der Waals surface area contributed by atoms with Gasteiger partial charge in [0.15, 0.2) is 5.78 Å². The number of piperidine rings is 1. The summed E-state index contributed by atoms with van der Waals surface area (Å²) in [5, 5.41) is 37.0. The number of nitrogens with one attached hydrogen (secondary N) is 1. The third-order valence-electron chi connectivity index (χ3n) is 16.9. The number of fused-ring (bicyclic) bond motifs is 4. The summed E-state index contributed by atoms with van der Waals surface area (Å²) in [5.74, 6) is -9.07. The number of amides is 3. The molecule has 5 aliphatic heterocycles. The Balaban J connectivity index is 1.32. The quantitative estimate of drug-likeness (QED) is 0.154. The lowest BCUT2D eigenvalue weighted by molar-refractivity contribution is -0.266. The van der Waals surface area contributed by atoms with Gasteiger partial charge in [0.1, 0.15) is 36.2 Å². The maximum atomic E-state index is 14.5. The smallest absolute Gasteiger partial charge is 0.329 e. The number of piperazine rings is 1. The first-order valence-corrected chi connectivity index (χ1v) is 27.4. The molecule has 4 saturated heterocycles. The number of aliphatic hydroxyl groups excluding tert-OH is 2. The minimum absolute atomic E-state index is 0.0365. The van der Waals surface area contributed by atoms with E-state index in [2.05, 4.69) is 5.32 Å². The molecule has 4 N–H and O–H groups in total. The van der Waals surface area contributed by atoms with Gasteiger partial charge in [0.05, 0.1) is 37.1 Å². The van der Waals surface area contributed by atoms with Gasteiger partial charge in [-0.1, -0.05) is 71.1 Å². The Morgan fingerprint density at radius 1 is 0.840 bits per heavy atom. The number of cyclic esters (lactones) is 1. The number of ether oxygens (including phenoxy) is 5. The number of aliphatic hydroxyl groups is 3. The van der Waals surface area contributed by atoms with E-state index in [1.54, 1.807) is 40.9 Å². The molecule has 6 aliphatic rings. The molecule has 18 heteroatoms. The predicted octanol–water partition coefficient (Wildman–Crippen LogP) is 4.65. The van der Waals surface area contributed by atoms with Gasteiger partial charge in [-0.25, -0.2) is 4.79 Å². The summed E-state index contributed by atoms with van der Waals surface area (Å²) >= 11 is 0. The van der Waals surface area contributed by atoms with Crippen LogP contribution in [0.3, 0.4) is 0 Å². The zero-order valence-corrected chi connectivity index (χ0v) is 45.7. The van der Waals surface area contributed by atoms with E-state index >= 15 is 0 Å². The fourth-order valence-electron chi connectivity index (χ4n) is 12.0. The Labute approximate surface area is 443 Å². The molecule has 5 heterocycles. The highest BCUT2D eigenvalue weighted by molar-refractivity contribution is 6.39. The van der Waals surface area contributed by atoms with E-state index in [0.717, 1.165) is 10.5 Å². The molecule has 6 rings (SSSR count). The number of hydrogen-bond donors (Lipinski definition) is 4. The van der Waals surface area contributed by atoms with E-state index in [1.807, 2.05) is 51.2 Å². The van der Waals surface area contributed by atoms with Crippen molar-refractivity contribution in [2.45, 2.75) is 199 Å². The van der Waals surface area contributed by atoms with Gasteiger partial charge < -0.3 is 54.1 Å². The van der Waals surface area contributed by atoms with Crippen molar-refractivity contribution >= 4 is 41.0 Å². The minimum Gasteiger partial charge on any atom is -0.460 e. The van der Waals surface area contributed by atoms with Crippen molar-refractivity contribution in [2.24, 2.45) is 35.5 Å². The summed E-state index contributed by atoms with van der Waals surface area (Å²) in [5.41, 5.74) is 1.12. The molecule has 5 fully saturated rings. The van der Waals surface area contributed by atoms with Gasteiger partial charge in [-0.15, -0.1) is 0 Å². The normalized spacial score (nSPS) is 39.4. The molecule has 1 unspecified atom stereocenters. The first kappa shape index (κ1) is 59.8. The number of allylic oxidation sites excluding steroid dienone is 6. The molecule has 0 radical (unpaired) electrons. The molecule has 1 saturated carbocycles.